The predicted octanol–water partition coefficient (Wildman–Crippen LogP) is 0.572. The lowest BCUT2D eigenvalue weighted by Gasteiger charge is -2.12. The van der Waals surface area contributed by atoms with Crippen LogP contribution in [0, 0.1) is 0 Å². The fourth-order valence-electron chi connectivity index (χ4n) is 1.91. The number of nitrogens with two attached hydrogens (primary N) is 1. The standard InChI is InChI=1S/C16H24N4O3/c1-20(2)15(22)9-5-8-14(21)19-13-7-4-3-6-12(13)16(23)18-11-10-17/h3-4,6-7H,5,8-11,17H2,1-2H3,(H,18,23)(H,19,21). The molecule has 4 N–H and O–H groups in total. The van der Waals surface area contributed by atoms with E-state index in [9.17, 15) is 14.4 Å². The van der Waals surface area contributed by atoms with E-state index in [4.69, 9.17) is 5.73 Å². The maximum Gasteiger partial charge on any atom is 0.253 e. The molecule has 126 valence electrons. The van der Waals surface area contributed by atoms with E-state index in [2.05, 4.69) is 10.6 Å². The SMILES string of the molecule is CN(C)C(=O)CCCC(=O)Nc1ccccc1C(=O)NCCN. The highest BCUT2D eigenvalue weighted by molar-refractivity contribution is 6.03. The van der Waals surface area contributed by atoms with Crippen LogP contribution >= 0.6 is 0 Å². The van der Waals surface area contributed by atoms with Gasteiger partial charge in [-0.2, -0.15) is 0 Å². The molecular formula is C16H24N4O3. The van der Waals surface area contributed by atoms with Crippen molar-refractivity contribution in [2.75, 3.05) is 32.5 Å². The molecule has 7 nitrogen and oxygen atoms in total. The molecule has 3 amide bonds. The average molecular weight is 320 g/mol. The third kappa shape index (κ3) is 6.48. The summed E-state index contributed by atoms with van der Waals surface area (Å²) in [7, 11) is 3.36. The van der Waals surface area contributed by atoms with Gasteiger partial charge in [0.15, 0.2) is 0 Å². The van der Waals surface area contributed by atoms with Gasteiger partial charge in [0.05, 0.1) is 11.3 Å². The molecule has 0 aliphatic rings. The van der Waals surface area contributed by atoms with Crippen LogP contribution in [0.2, 0.25) is 0 Å². The van der Waals surface area contributed by atoms with Crippen molar-refractivity contribution in [1.82, 2.24) is 10.2 Å². The van der Waals surface area contributed by atoms with Gasteiger partial charge in [-0.25, -0.2) is 0 Å². The van der Waals surface area contributed by atoms with Crippen LogP contribution in [0.15, 0.2) is 24.3 Å². The number of anilines is 1. The lowest BCUT2D eigenvalue weighted by Crippen LogP contribution is -2.30. The van der Waals surface area contributed by atoms with Crippen LogP contribution < -0.4 is 16.4 Å². The van der Waals surface area contributed by atoms with Gasteiger partial charge in [-0.1, -0.05) is 12.1 Å². The number of carbonyl (C=O) groups excluding carboxylic acids is 3. The first kappa shape index (κ1) is 18.6. The Labute approximate surface area is 136 Å². The molecule has 0 unspecified atom stereocenters. The zero-order chi connectivity index (χ0) is 17.2. The molecule has 0 atom stereocenters. The summed E-state index contributed by atoms with van der Waals surface area (Å²) in [5, 5.41) is 5.38. The third-order valence-corrected chi connectivity index (χ3v) is 3.17. The van der Waals surface area contributed by atoms with Crippen molar-refractivity contribution in [2.45, 2.75) is 19.3 Å². The van der Waals surface area contributed by atoms with Crippen molar-refractivity contribution in [3.8, 4) is 0 Å². The second kappa shape index (κ2) is 9.58. The molecule has 0 aliphatic heterocycles. The highest BCUT2D eigenvalue weighted by Gasteiger charge is 2.13. The summed E-state index contributed by atoms with van der Waals surface area (Å²) >= 11 is 0. The van der Waals surface area contributed by atoms with E-state index >= 15 is 0 Å². The molecule has 0 aromatic heterocycles. The number of amides is 3. The summed E-state index contributed by atoms with van der Waals surface area (Å²) in [5.41, 5.74) is 6.20. The monoisotopic (exact) mass is 320 g/mol. The minimum atomic E-state index is -0.283. The van der Waals surface area contributed by atoms with E-state index in [0.29, 0.717) is 37.2 Å². The van der Waals surface area contributed by atoms with Gasteiger partial charge in [0.2, 0.25) is 11.8 Å². The van der Waals surface area contributed by atoms with E-state index in [0.717, 1.165) is 0 Å². The highest BCUT2D eigenvalue weighted by atomic mass is 16.2. The normalized spacial score (nSPS) is 10.0. The van der Waals surface area contributed by atoms with Gasteiger partial charge in [0.1, 0.15) is 0 Å². The Bertz CT molecular complexity index is 558. The van der Waals surface area contributed by atoms with Crippen LogP contribution in [0.3, 0.4) is 0 Å². The lowest BCUT2D eigenvalue weighted by atomic mass is 10.1. The molecule has 23 heavy (non-hydrogen) atoms. The van der Waals surface area contributed by atoms with Crippen molar-refractivity contribution in [2.24, 2.45) is 5.73 Å². The summed E-state index contributed by atoms with van der Waals surface area (Å²) < 4.78 is 0. The van der Waals surface area contributed by atoms with E-state index in [1.54, 1.807) is 38.4 Å². The fraction of sp³-hybridized carbons (Fsp3) is 0.438. The van der Waals surface area contributed by atoms with E-state index in [1.807, 2.05) is 0 Å². The van der Waals surface area contributed by atoms with E-state index in [1.165, 1.54) is 4.90 Å². The van der Waals surface area contributed by atoms with Gasteiger partial charge in [-0.05, 0) is 18.6 Å². The molecule has 0 bridgehead atoms. The number of nitrogens with one attached hydrogen (secondary N) is 2. The number of hydrogen-bond acceptors (Lipinski definition) is 4. The smallest absolute Gasteiger partial charge is 0.253 e. The largest absolute Gasteiger partial charge is 0.351 e. The van der Waals surface area contributed by atoms with Gasteiger partial charge in [0, 0.05) is 40.0 Å². The molecule has 1 aromatic carbocycles. The van der Waals surface area contributed by atoms with E-state index in [-0.39, 0.29) is 24.1 Å². The molecule has 0 heterocycles. The average Bonchev–Trinajstić information content (AvgIpc) is 2.52. The van der Waals surface area contributed by atoms with Crippen molar-refractivity contribution in [1.29, 1.82) is 0 Å². The summed E-state index contributed by atoms with van der Waals surface area (Å²) in [5.74, 6) is -0.524. The van der Waals surface area contributed by atoms with Gasteiger partial charge >= 0.3 is 0 Å². The number of nitrogens with zero attached hydrogens (tertiary/aromatic N) is 1. The Kier molecular flexibility index (Phi) is 7.76. The minimum Gasteiger partial charge on any atom is -0.351 e. The van der Waals surface area contributed by atoms with Crippen molar-refractivity contribution < 1.29 is 14.4 Å². The molecule has 0 saturated heterocycles. The van der Waals surface area contributed by atoms with Crippen LogP contribution in [0.25, 0.3) is 0 Å². The zero-order valence-corrected chi connectivity index (χ0v) is 13.6. The molecule has 0 spiro atoms. The molecule has 0 saturated carbocycles. The lowest BCUT2D eigenvalue weighted by molar-refractivity contribution is -0.128. The number of carbonyl (C=O) groups is 3. The first-order valence-corrected chi connectivity index (χ1v) is 7.53. The fourth-order valence-corrected chi connectivity index (χ4v) is 1.91. The van der Waals surface area contributed by atoms with Crippen molar-refractivity contribution in [3.63, 3.8) is 0 Å². The second-order valence-corrected chi connectivity index (χ2v) is 5.28. The minimum absolute atomic E-state index is 0.0145. The van der Waals surface area contributed by atoms with Crippen LogP contribution in [-0.2, 0) is 9.59 Å². The molecule has 0 aliphatic carbocycles. The Morgan fingerprint density at radius 2 is 1.83 bits per heavy atom. The topological polar surface area (TPSA) is 105 Å². The molecule has 7 heteroatoms. The summed E-state index contributed by atoms with van der Waals surface area (Å²) in [6.07, 6.45) is 1.00. The third-order valence-electron chi connectivity index (χ3n) is 3.17. The van der Waals surface area contributed by atoms with Gasteiger partial charge < -0.3 is 21.3 Å². The number of hydrogen-bond donors (Lipinski definition) is 3. The highest BCUT2D eigenvalue weighted by Crippen LogP contribution is 2.15. The molecular weight excluding hydrogens is 296 g/mol. The molecule has 1 aromatic rings. The Hall–Kier alpha value is -2.41. The predicted molar refractivity (Wildman–Crippen MR) is 89.0 cm³/mol. The van der Waals surface area contributed by atoms with Gasteiger partial charge in [0.25, 0.3) is 5.91 Å². The quantitative estimate of drug-likeness (QED) is 0.651. The first-order chi connectivity index (χ1) is 11.0. The first-order valence-electron chi connectivity index (χ1n) is 7.53. The number of para-hydroxylation sites is 1. The van der Waals surface area contributed by atoms with Crippen LogP contribution in [0.5, 0.6) is 0 Å². The van der Waals surface area contributed by atoms with Crippen LogP contribution in [0.4, 0.5) is 5.69 Å². The summed E-state index contributed by atoms with van der Waals surface area (Å²) in [4.78, 5) is 36.9. The maximum absolute atomic E-state index is 12.0. The Morgan fingerprint density at radius 1 is 1.13 bits per heavy atom. The van der Waals surface area contributed by atoms with Crippen LogP contribution in [0.1, 0.15) is 29.6 Å². The second-order valence-electron chi connectivity index (χ2n) is 5.28. The summed E-state index contributed by atoms with van der Waals surface area (Å²) in [6, 6.07) is 6.77. The zero-order valence-electron chi connectivity index (χ0n) is 13.6. The van der Waals surface area contributed by atoms with Gasteiger partial charge in [-0.3, -0.25) is 14.4 Å². The van der Waals surface area contributed by atoms with E-state index < -0.39 is 0 Å². The number of rotatable bonds is 8. The Morgan fingerprint density at radius 3 is 2.48 bits per heavy atom. The maximum atomic E-state index is 12.0. The van der Waals surface area contributed by atoms with Crippen LogP contribution in [-0.4, -0.2) is 49.8 Å². The van der Waals surface area contributed by atoms with Crippen molar-refractivity contribution >= 4 is 23.4 Å². The van der Waals surface area contributed by atoms with Gasteiger partial charge in [-0.15, -0.1) is 0 Å². The number of benzene rings is 1. The molecule has 1 rings (SSSR count). The summed E-state index contributed by atoms with van der Waals surface area (Å²) in [6.45, 7) is 0.716. The Balaban J connectivity index is 2.58. The molecule has 0 fully saturated rings. The van der Waals surface area contributed by atoms with Crippen molar-refractivity contribution in [3.05, 3.63) is 29.8 Å². The molecule has 0 radical (unpaired) electrons.